The summed E-state index contributed by atoms with van der Waals surface area (Å²) in [7, 11) is -2.34. The lowest BCUT2D eigenvalue weighted by molar-refractivity contribution is 0.0600. The van der Waals surface area contributed by atoms with Crippen LogP contribution in [0.15, 0.2) is 29.2 Å². The largest absolute Gasteiger partial charge is 0.465 e. The Kier molecular flexibility index (Phi) is 4.65. The Labute approximate surface area is 125 Å². The summed E-state index contributed by atoms with van der Waals surface area (Å²) in [5, 5.41) is 3.29. The molecular formula is C14H20N2O4S. The number of nitrogens with one attached hydrogen (secondary N) is 1. The quantitative estimate of drug-likeness (QED) is 0.837. The summed E-state index contributed by atoms with van der Waals surface area (Å²) in [5.41, 5.74) is 0.231. The molecule has 1 aliphatic rings. The van der Waals surface area contributed by atoms with Crippen molar-refractivity contribution in [2.75, 3.05) is 20.2 Å². The number of nitrogens with zero attached hydrogens (tertiary/aromatic N) is 1. The van der Waals surface area contributed by atoms with Gasteiger partial charge in [-0.15, -0.1) is 0 Å². The molecule has 7 heteroatoms. The second-order valence-corrected chi connectivity index (χ2v) is 7.25. The predicted octanol–water partition coefficient (Wildman–Crippen LogP) is 0.844. The topological polar surface area (TPSA) is 75.7 Å². The third-order valence-corrected chi connectivity index (χ3v) is 5.24. The number of carbonyl (C=O) groups excluding carboxylic acids is 1. The summed E-state index contributed by atoms with van der Waals surface area (Å²) >= 11 is 0. The number of sulfonamides is 1. The fraction of sp³-hybridized carbons (Fsp3) is 0.500. The standard InChI is InChI=1S/C14H20N2O4S/c1-10-8-16(9-11(2)15-10)21(18,19)13-6-4-5-12(7-13)14(17)20-3/h4-7,10-11,15H,8-9H2,1-3H3. The molecule has 1 fully saturated rings. The van der Waals surface area contributed by atoms with Crippen molar-refractivity contribution in [1.82, 2.24) is 9.62 Å². The van der Waals surface area contributed by atoms with Crippen LogP contribution in [0, 0.1) is 0 Å². The van der Waals surface area contributed by atoms with Gasteiger partial charge in [-0.3, -0.25) is 0 Å². The average molecular weight is 312 g/mol. The molecule has 1 saturated heterocycles. The van der Waals surface area contributed by atoms with E-state index in [-0.39, 0.29) is 22.5 Å². The molecule has 1 aromatic rings. The SMILES string of the molecule is COC(=O)c1cccc(S(=O)(=O)N2CC(C)NC(C)C2)c1. The number of ether oxygens (including phenoxy) is 1. The molecule has 6 nitrogen and oxygen atoms in total. The van der Waals surface area contributed by atoms with Gasteiger partial charge in [0.1, 0.15) is 0 Å². The van der Waals surface area contributed by atoms with E-state index in [1.165, 1.54) is 29.6 Å². The van der Waals surface area contributed by atoms with Crippen molar-refractivity contribution >= 4 is 16.0 Å². The fourth-order valence-corrected chi connectivity index (χ4v) is 4.19. The molecule has 1 aliphatic heterocycles. The maximum Gasteiger partial charge on any atom is 0.337 e. The predicted molar refractivity (Wildman–Crippen MR) is 78.6 cm³/mol. The van der Waals surface area contributed by atoms with Gasteiger partial charge in [-0.2, -0.15) is 4.31 Å². The van der Waals surface area contributed by atoms with E-state index in [0.29, 0.717) is 13.1 Å². The zero-order chi connectivity index (χ0) is 15.6. The fourth-order valence-electron chi connectivity index (χ4n) is 2.52. The minimum atomic E-state index is -3.61. The van der Waals surface area contributed by atoms with Crippen molar-refractivity contribution in [3.05, 3.63) is 29.8 Å². The molecule has 1 heterocycles. The lowest BCUT2D eigenvalue weighted by atomic mass is 10.2. The Morgan fingerprint density at radius 1 is 1.29 bits per heavy atom. The Bertz CT molecular complexity index is 620. The highest BCUT2D eigenvalue weighted by molar-refractivity contribution is 7.89. The summed E-state index contributed by atoms with van der Waals surface area (Å²) in [6.07, 6.45) is 0. The third-order valence-electron chi connectivity index (χ3n) is 3.42. The van der Waals surface area contributed by atoms with E-state index >= 15 is 0 Å². The first-order chi connectivity index (χ1) is 9.84. The monoisotopic (exact) mass is 312 g/mol. The summed E-state index contributed by atoms with van der Waals surface area (Å²) in [4.78, 5) is 11.6. The van der Waals surface area contributed by atoms with Gasteiger partial charge in [0, 0.05) is 25.2 Å². The number of methoxy groups -OCH3 is 1. The Morgan fingerprint density at radius 2 is 1.90 bits per heavy atom. The second-order valence-electron chi connectivity index (χ2n) is 5.31. The van der Waals surface area contributed by atoms with Crippen LogP contribution < -0.4 is 5.32 Å². The van der Waals surface area contributed by atoms with E-state index in [0.717, 1.165) is 0 Å². The molecule has 2 rings (SSSR count). The third kappa shape index (κ3) is 3.42. The van der Waals surface area contributed by atoms with Crippen LogP contribution in [-0.2, 0) is 14.8 Å². The number of esters is 1. The number of rotatable bonds is 3. The molecule has 0 spiro atoms. The summed E-state index contributed by atoms with van der Waals surface area (Å²) in [6.45, 7) is 4.72. The molecule has 21 heavy (non-hydrogen) atoms. The highest BCUT2D eigenvalue weighted by Gasteiger charge is 2.31. The minimum Gasteiger partial charge on any atom is -0.465 e. The number of piperazine rings is 1. The molecule has 116 valence electrons. The van der Waals surface area contributed by atoms with Crippen LogP contribution in [0.3, 0.4) is 0 Å². The Morgan fingerprint density at radius 3 is 2.48 bits per heavy atom. The maximum absolute atomic E-state index is 12.7. The van der Waals surface area contributed by atoms with Crippen LogP contribution in [0.5, 0.6) is 0 Å². The van der Waals surface area contributed by atoms with E-state index in [1.807, 2.05) is 13.8 Å². The minimum absolute atomic E-state index is 0.0901. The van der Waals surface area contributed by atoms with E-state index in [2.05, 4.69) is 10.1 Å². The van der Waals surface area contributed by atoms with Crippen molar-refractivity contribution in [2.45, 2.75) is 30.8 Å². The lowest BCUT2D eigenvalue weighted by Crippen LogP contribution is -2.55. The zero-order valence-electron chi connectivity index (χ0n) is 12.4. The highest BCUT2D eigenvalue weighted by atomic mass is 32.2. The van der Waals surface area contributed by atoms with Crippen LogP contribution >= 0.6 is 0 Å². The molecular weight excluding hydrogens is 292 g/mol. The van der Waals surface area contributed by atoms with Gasteiger partial charge in [-0.05, 0) is 32.0 Å². The van der Waals surface area contributed by atoms with Crippen LogP contribution in [0.4, 0.5) is 0 Å². The molecule has 1 N–H and O–H groups in total. The molecule has 0 radical (unpaired) electrons. The van der Waals surface area contributed by atoms with Crippen LogP contribution in [0.2, 0.25) is 0 Å². The van der Waals surface area contributed by atoms with Crippen LogP contribution in [0.1, 0.15) is 24.2 Å². The van der Waals surface area contributed by atoms with Crippen molar-refractivity contribution in [3.8, 4) is 0 Å². The summed E-state index contributed by atoms with van der Waals surface area (Å²) in [5.74, 6) is -0.547. The zero-order valence-corrected chi connectivity index (χ0v) is 13.2. The smallest absolute Gasteiger partial charge is 0.337 e. The van der Waals surface area contributed by atoms with Gasteiger partial charge in [0.25, 0.3) is 0 Å². The molecule has 0 aliphatic carbocycles. The van der Waals surface area contributed by atoms with Gasteiger partial charge >= 0.3 is 5.97 Å². The normalized spacial score (nSPS) is 23.8. The van der Waals surface area contributed by atoms with Gasteiger partial charge < -0.3 is 10.1 Å². The molecule has 0 saturated carbocycles. The first kappa shape index (κ1) is 15.9. The maximum atomic E-state index is 12.7. The Hall–Kier alpha value is -1.44. The van der Waals surface area contributed by atoms with Gasteiger partial charge in [0.2, 0.25) is 10.0 Å². The summed E-state index contributed by atoms with van der Waals surface area (Å²) in [6, 6.07) is 6.12. The van der Waals surface area contributed by atoms with E-state index in [4.69, 9.17) is 0 Å². The molecule has 0 bridgehead atoms. The first-order valence-corrected chi connectivity index (χ1v) is 8.23. The number of hydrogen-bond donors (Lipinski definition) is 1. The van der Waals surface area contributed by atoms with Gasteiger partial charge in [0.15, 0.2) is 0 Å². The van der Waals surface area contributed by atoms with Crippen molar-refractivity contribution in [3.63, 3.8) is 0 Å². The van der Waals surface area contributed by atoms with Crippen molar-refractivity contribution in [2.24, 2.45) is 0 Å². The highest BCUT2D eigenvalue weighted by Crippen LogP contribution is 2.20. The molecule has 2 unspecified atom stereocenters. The van der Waals surface area contributed by atoms with Crippen LogP contribution in [-0.4, -0.2) is 51.0 Å². The van der Waals surface area contributed by atoms with Gasteiger partial charge in [0.05, 0.1) is 17.6 Å². The number of benzene rings is 1. The lowest BCUT2D eigenvalue weighted by Gasteiger charge is -2.35. The number of hydrogen-bond acceptors (Lipinski definition) is 5. The Balaban J connectivity index is 2.33. The number of carbonyl (C=O) groups is 1. The molecule has 2 atom stereocenters. The molecule has 1 aromatic carbocycles. The van der Waals surface area contributed by atoms with E-state index in [9.17, 15) is 13.2 Å². The van der Waals surface area contributed by atoms with Crippen LogP contribution in [0.25, 0.3) is 0 Å². The molecule has 0 amide bonds. The van der Waals surface area contributed by atoms with E-state index in [1.54, 1.807) is 6.07 Å². The van der Waals surface area contributed by atoms with Crippen molar-refractivity contribution < 1.29 is 17.9 Å². The summed E-state index contributed by atoms with van der Waals surface area (Å²) < 4.78 is 31.5. The second kappa shape index (κ2) is 6.13. The van der Waals surface area contributed by atoms with Crippen molar-refractivity contribution in [1.29, 1.82) is 0 Å². The van der Waals surface area contributed by atoms with Gasteiger partial charge in [-0.25, -0.2) is 13.2 Å². The average Bonchev–Trinajstić information content (AvgIpc) is 2.45. The first-order valence-electron chi connectivity index (χ1n) is 6.79. The van der Waals surface area contributed by atoms with E-state index < -0.39 is 16.0 Å². The molecule has 0 aromatic heterocycles. The van der Waals surface area contributed by atoms with Gasteiger partial charge in [-0.1, -0.05) is 6.07 Å².